The van der Waals surface area contributed by atoms with Gasteiger partial charge in [-0.25, -0.2) is 0 Å². The first-order chi connectivity index (χ1) is 11.8. The van der Waals surface area contributed by atoms with Gasteiger partial charge >= 0.3 is 0 Å². The molecule has 3 aromatic rings. The lowest BCUT2D eigenvalue weighted by atomic mass is 10.1. The van der Waals surface area contributed by atoms with E-state index in [1.165, 1.54) is 16.2 Å². The van der Waals surface area contributed by atoms with Gasteiger partial charge in [0.15, 0.2) is 0 Å². The van der Waals surface area contributed by atoms with Crippen LogP contribution in [0.3, 0.4) is 0 Å². The van der Waals surface area contributed by atoms with Gasteiger partial charge in [0.25, 0.3) is 0 Å². The quantitative estimate of drug-likeness (QED) is 0.698. The lowest BCUT2D eigenvalue weighted by Crippen LogP contribution is -2.30. The van der Waals surface area contributed by atoms with Gasteiger partial charge in [0, 0.05) is 5.78 Å². The van der Waals surface area contributed by atoms with Crippen molar-refractivity contribution in [3.05, 3.63) is 90.5 Å². The Labute approximate surface area is 145 Å². The molecule has 0 amide bonds. The molecule has 0 spiro atoms. The van der Waals surface area contributed by atoms with Gasteiger partial charge in [-0.1, -0.05) is 72.8 Å². The Morgan fingerprint density at radius 2 is 1.29 bits per heavy atom. The predicted octanol–water partition coefficient (Wildman–Crippen LogP) is 3.66. The second kappa shape index (κ2) is 8.10. The maximum Gasteiger partial charge on any atom is 0.118 e. The molecular weight excluding hydrogens is 313 g/mol. The summed E-state index contributed by atoms with van der Waals surface area (Å²) in [5.74, 6) is 0.943. The van der Waals surface area contributed by atoms with Crippen molar-refractivity contribution < 1.29 is 4.74 Å². The highest BCUT2D eigenvalue weighted by Gasteiger charge is 2.21. The van der Waals surface area contributed by atoms with E-state index >= 15 is 0 Å². The van der Waals surface area contributed by atoms with Crippen molar-refractivity contribution >= 4 is 18.5 Å². The van der Waals surface area contributed by atoms with Crippen LogP contribution in [-0.4, -0.2) is 12.9 Å². The molecule has 0 saturated heterocycles. The Kier molecular flexibility index (Phi) is 5.63. The lowest BCUT2D eigenvalue weighted by molar-refractivity contribution is 0.414. The first kappa shape index (κ1) is 16.7. The van der Waals surface area contributed by atoms with Gasteiger partial charge in [-0.2, -0.15) is 0 Å². The predicted molar refractivity (Wildman–Crippen MR) is 104 cm³/mol. The summed E-state index contributed by atoms with van der Waals surface area (Å²) in [5.41, 5.74) is 7.92. The number of hydrogen-bond acceptors (Lipinski definition) is 2. The van der Waals surface area contributed by atoms with Crippen molar-refractivity contribution in [2.24, 2.45) is 5.73 Å². The lowest BCUT2D eigenvalue weighted by Gasteiger charge is -2.25. The first-order valence-corrected chi connectivity index (χ1v) is 9.47. The molecule has 3 aromatic carbocycles. The van der Waals surface area contributed by atoms with Crippen LogP contribution < -0.4 is 21.1 Å². The van der Waals surface area contributed by atoms with Gasteiger partial charge in [0.05, 0.1) is 7.11 Å². The second-order valence-electron chi connectivity index (χ2n) is 5.66. The maximum absolute atomic E-state index is 6.68. The molecule has 24 heavy (non-hydrogen) atoms. The average molecular weight is 335 g/mol. The molecule has 3 heteroatoms. The molecule has 0 bridgehead atoms. The SMILES string of the molecule is COc1ccc(CC(N)P(c2ccccc2)c2ccccc2)cc1. The standard InChI is InChI=1S/C21H22NOP/c1-23-18-14-12-17(13-15-18)16-21(22)24(19-8-4-2-5-9-19)20-10-6-3-7-11-20/h2-15,21H,16,22H2,1H3. The monoisotopic (exact) mass is 335 g/mol. The number of hydrogen-bond donors (Lipinski definition) is 1. The summed E-state index contributed by atoms with van der Waals surface area (Å²) in [7, 11) is 1.08. The highest BCUT2D eigenvalue weighted by atomic mass is 31.1. The van der Waals surface area contributed by atoms with Crippen LogP contribution >= 0.6 is 7.92 Å². The summed E-state index contributed by atoms with van der Waals surface area (Å²) >= 11 is 0. The van der Waals surface area contributed by atoms with Crippen LogP contribution in [-0.2, 0) is 6.42 Å². The summed E-state index contributed by atoms with van der Waals surface area (Å²) in [6.45, 7) is 0. The Morgan fingerprint density at radius 1 is 0.792 bits per heavy atom. The normalized spacial score (nSPS) is 12.1. The first-order valence-electron chi connectivity index (χ1n) is 8.06. The van der Waals surface area contributed by atoms with Crippen LogP contribution in [0.25, 0.3) is 0 Å². The maximum atomic E-state index is 6.68. The zero-order valence-corrected chi connectivity index (χ0v) is 14.7. The van der Waals surface area contributed by atoms with E-state index in [4.69, 9.17) is 10.5 Å². The van der Waals surface area contributed by atoms with Gasteiger partial charge < -0.3 is 10.5 Å². The summed E-state index contributed by atoms with van der Waals surface area (Å²) in [6, 6.07) is 29.4. The molecular formula is C21H22NOP. The van der Waals surface area contributed by atoms with E-state index in [0.29, 0.717) is 0 Å². The molecule has 0 aromatic heterocycles. The highest BCUT2D eigenvalue weighted by Crippen LogP contribution is 2.38. The van der Waals surface area contributed by atoms with Gasteiger partial charge in [0.1, 0.15) is 5.75 Å². The van der Waals surface area contributed by atoms with E-state index < -0.39 is 7.92 Å². The molecule has 0 aliphatic carbocycles. The second-order valence-corrected chi connectivity index (χ2v) is 8.10. The van der Waals surface area contributed by atoms with E-state index in [1.54, 1.807) is 7.11 Å². The minimum atomic E-state index is -0.601. The number of ether oxygens (including phenoxy) is 1. The van der Waals surface area contributed by atoms with Crippen molar-refractivity contribution in [2.45, 2.75) is 12.2 Å². The molecule has 1 atom stereocenters. The number of benzene rings is 3. The zero-order valence-electron chi connectivity index (χ0n) is 13.8. The van der Waals surface area contributed by atoms with E-state index in [-0.39, 0.29) is 5.78 Å². The third kappa shape index (κ3) is 4.03. The molecule has 0 heterocycles. The molecule has 2 N–H and O–H groups in total. The van der Waals surface area contributed by atoms with Crippen molar-refractivity contribution in [1.82, 2.24) is 0 Å². The molecule has 0 aliphatic rings. The third-order valence-corrected chi connectivity index (χ3v) is 6.56. The summed E-state index contributed by atoms with van der Waals surface area (Å²) < 4.78 is 5.23. The Balaban J connectivity index is 1.87. The molecule has 3 rings (SSSR count). The fourth-order valence-electron chi connectivity index (χ4n) is 2.80. The molecule has 1 unspecified atom stereocenters. The Hall–Kier alpha value is -2.15. The third-order valence-electron chi connectivity index (χ3n) is 4.00. The molecule has 2 nitrogen and oxygen atoms in total. The van der Waals surface area contributed by atoms with Gasteiger partial charge in [-0.15, -0.1) is 0 Å². The Morgan fingerprint density at radius 3 is 1.75 bits per heavy atom. The van der Waals surface area contributed by atoms with Crippen LogP contribution in [0.1, 0.15) is 5.56 Å². The summed E-state index contributed by atoms with van der Waals surface area (Å²) in [6.07, 6.45) is 0.847. The van der Waals surface area contributed by atoms with Crippen molar-refractivity contribution in [3.8, 4) is 5.75 Å². The van der Waals surface area contributed by atoms with Gasteiger partial charge in [-0.3, -0.25) is 0 Å². The van der Waals surface area contributed by atoms with Crippen molar-refractivity contribution in [3.63, 3.8) is 0 Å². The summed E-state index contributed by atoms with van der Waals surface area (Å²) in [5, 5.41) is 2.64. The van der Waals surface area contributed by atoms with Crippen LogP contribution in [0.15, 0.2) is 84.9 Å². The average Bonchev–Trinajstić information content (AvgIpc) is 2.64. The molecule has 0 radical (unpaired) electrons. The molecule has 0 saturated carbocycles. The topological polar surface area (TPSA) is 35.2 Å². The minimum Gasteiger partial charge on any atom is -0.497 e. The van der Waals surface area contributed by atoms with Gasteiger partial charge in [-0.05, 0) is 42.6 Å². The van der Waals surface area contributed by atoms with Gasteiger partial charge in [0.2, 0.25) is 0 Å². The van der Waals surface area contributed by atoms with Crippen LogP contribution in [0.4, 0.5) is 0 Å². The van der Waals surface area contributed by atoms with E-state index in [0.717, 1.165) is 12.2 Å². The zero-order chi connectivity index (χ0) is 16.8. The van der Waals surface area contributed by atoms with Crippen LogP contribution in [0.5, 0.6) is 5.75 Å². The molecule has 0 aliphatic heterocycles. The van der Waals surface area contributed by atoms with E-state index in [2.05, 4.69) is 72.8 Å². The summed E-state index contributed by atoms with van der Waals surface area (Å²) in [4.78, 5) is 0. The van der Waals surface area contributed by atoms with Crippen molar-refractivity contribution in [1.29, 1.82) is 0 Å². The smallest absolute Gasteiger partial charge is 0.118 e. The fraction of sp³-hybridized carbons (Fsp3) is 0.143. The van der Waals surface area contributed by atoms with E-state index in [1.807, 2.05) is 12.1 Å². The van der Waals surface area contributed by atoms with E-state index in [9.17, 15) is 0 Å². The number of methoxy groups -OCH3 is 1. The number of nitrogens with two attached hydrogens (primary N) is 1. The fourth-order valence-corrected chi connectivity index (χ4v) is 5.25. The molecule has 0 fully saturated rings. The molecule has 122 valence electrons. The van der Waals surface area contributed by atoms with Crippen LogP contribution in [0.2, 0.25) is 0 Å². The van der Waals surface area contributed by atoms with Crippen molar-refractivity contribution in [2.75, 3.05) is 7.11 Å². The van der Waals surface area contributed by atoms with Crippen LogP contribution in [0, 0.1) is 0 Å². The highest BCUT2D eigenvalue weighted by molar-refractivity contribution is 7.73. The largest absolute Gasteiger partial charge is 0.497 e. The number of rotatable bonds is 6. The Bertz CT molecular complexity index is 704. The minimum absolute atomic E-state index is 0.0678.